The largest absolute Gasteiger partial charge is 0.346 e. The molecule has 0 saturated carbocycles. The van der Waals surface area contributed by atoms with Crippen LogP contribution in [0.25, 0.3) is 22.3 Å². The topological polar surface area (TPSA) is 103 Å². The van der Waals surface area contributed by atoms with Crippen molar-refractivity contribution >= 4 is 16.9 Å². The first kappa shape index (κ1) is 22.7. The number of piperidine rings is 1. The second-order valence-corrected chi connectivity index (χ2v) is 8.78. The maximum Gasteiger partial charge on any atom is 0.256 e. The first-order valence-electron chi connectivity index (χ1n) is 11.5. The summed E-state index contributed by atoms with van der Waals surface area (Å²) in [6.45, 7) is 0.965. The molecule has 3 aromatic heterocycles. The van der Waals surface area contributed by atoms with Crippen molar-refractivity contribution in [3.63, 3.8) is 0 Å². The normalized spacial score (nSPS) is 15.3. The fraction of sp³-hybridized carbons (Fsp3) is 0.320. The number of hydrogen-bond acceptors (Lipinski definition) is 5. The van der Waals surface area contributed by atoms with Crippen LogP contribution >= 0.6 is 0 Å². The van der Waals surface area contributed by atoms with Crippen molar-refractivity contribution in [1.29, 1.82) is 5.26 Å². The molecule has 4 aromatic rings. The number of carbonyl (C=O) groups excluding carboxylic acids is 1. The van der Waals surface area contributed by atoms with Crippen LogP contribution in [0.15, 0.2) is 49.2 Å². The van der Waals surface area contributed by atoms with Gasteiger partial charge in [0.2, 0.25) is 0 Å². The van der Waals surface area contributed by atoms with Gasteiger partial charge < -0.3 is 9.88 Å². The van der Waals surface area contributed by atoms with Gasteiger partial charge in [-0.1, -0.05) is 0 Å². The fourth-order valence-corrected chi connectivity index (χ4v) is 4.74. The molecule has 4 heterocycles. The highest BCUT2D eigenvalue weighted by Crippen LogP contribution is 2.31. The third-order valence-corrected chi connectivity index (χ3v) is 6.60. The molecule has 35 heavy (non-hydrogen) atoms. The second-order valence-electron chi connectivity index (χ2n) is 8.78. The standard InChI is InChI=1S/C25H23F2N7O/c26-18-1-2-20(22(27)12-18)25(35)33-9-5-16(6-10-33)11-19(3-7-28)34-14-17(13-32-34)23-21-4-8-29-24(21)31-15-30-23/h1-2,4,8,12-16,19H,3,5-6,9-11H2,(H,29,30,31). The van der Waals surface area contributed by atoms with Gasteiger partial charge >= 0.3 is 0 Å². The Labute approximate surface area is 200 Å². The van der Waals surface area contributed by atoms with E-state index in [0.29, 0.717) is 25.4 Å². The first-order chi connectivity index (χ1) is 17.0. The molecule has 1 unspecified atom stereocenters. The van der Waals surface area contributed by atoms with Crippen LogP contribution in [0.4, 0.5) is 8.78 Å². The molecule has 1 N–H and O–H groups in total. The lowest BCUT2D eigenvalue weighted by molar-refractivity contribution is 0.0674. The van der Waals surface area contributed by atoms with Crippen molar-refractivity contribution in [3.8, 4) is 17.3 Å². The summed E-state index contributed by atoms with van der Waals surface area (Å²) in [5, 5.41) is 14.8. The molecule has 178 valence electrons. The Balaban J connectivity index is 1.25. The van der Waals surface area contributed by atoms with Gasteiger partial charge in [0.05, 0.1) is 36.0 Å². The van der Waals surface area contributed by atoms with E-state index in [4.69, 9.17) is 0 Å². The number of rotatable bonds is 6. The van der Waals surface area contributed by atoms with Crippen LogP contribution in [-0.4, -0.2) is 48.6 Å². The Bertz CT molecular complexity index is 1400. The minimum absolute atomic E-state index is 0.112. The van der Waals surface area contributed by atoms with Gasteiger partial charge in [0.15, 0.2) is 0 Å². The minimum atomic E-state index is -0.846. The number of aromatic amines is 1. The summed E-state index contributed by atoms with van der Waals surface area (Å²) in [5.41, 5.74) is 2.26. The maximum absolute atomic E-state index is 14.0. The van der Waals surface area contributed by atoms with Crippen molar-refractivity contribution in [2.45, 2.75) is 31.7 Å². The Kier molecular flexibility index (Phi) is 6.23. The number of aromatic nitrogens is 5. The van der Waals surface area contributed by atoms with E-state index in [1.54, 1.807) is 11.1 Å². The van der Waals surface area contributed by atoms with Crippen molar-refractivity contribution in [2.24, 2.45) is 5.92 Å². The number of halogens is 2. The highest BCUT2D eigenvalue weighted by molar-refractivity contribution is 5.94. The molecule has 1 saturated heterocycles. The Hall–Kier alpha value is -4.13. The lowest BCUT2D eigenvalue weighted by Crippen LogP contribution is -2.39. The van der Waals surface area contributed by atoms with Gasteiger partial charge in [-0.2, -0.15) is 10.4 Å². The zero-order valence-corrected chi connectivity index (χ0v) is 18.9. The van der Waals surface area contributed by atoms with E-state index >= 15 is 0 Å². The number of H-pyrrole nitrogens is 1. The monoisotopic (exact) mass is 475 g/mol. The van der Waals surface area contributed by atoms with Crippen LogP contribution in [0.5, 0.6) is 0 Å². The van der Waals surface area contributed by atoms with E-state index in [9.17, 15) is 18.8 Å². The van der Waals surface area contributed by atoms with E-state index in [-0.39, 0.29) is 11.6 Å². The molecular formula is C25H23F2N7O. The number of amides is 1. The molecule has 1 aliphatic heterocycles. The highest BCUT2D eigenvalue weighted by atomic mass is 19.1. The van der Waals surface area contributed by atoms with Crippen molar-refractivity contribution in [3.05, 3.63) is 66.4 Å². The Morgan fingerprint density at radius 1 is 1.23 bits per heavy atom. The molecule has 0 aliphatic carbocycles. The lowest BCUT2D eigenvalue weighted by atomic mass is 9.89. The Morgan fingerprint density at radius 2 is 2.06 bits per heavy atom. The van der Waals surface area contributed by atoms with Gasteiger partial charge in [0.25, 0.3) is 5.91 Å². The smallest absolute Gasteiger partial charge is 0.256 e. The van der Waals surface area contributed by atoms with E-state index in [0.717, 1.165) is 53.7 Å². The fourth-order valence-electron chi connectivity index (χ4n) is 4.74. The van der Waals surface area contributed by atoms with Crippen molar-refractivity contribution in [1.82, 2.24) is 29.6 Å². The van der Waals surface area contributed by atoms with Gasteiger partial charge in [-0.25, -0.2) is 18.7 Å². The molecule has 1 atom stereocenters. The number of carbonyl (C=O) groups is 1. The molecule has 0 radical (unpaired) electrons. The van der Waals surface area contributed by atoms with Gasteiger partial charge in [-0.05, 0) is 43.4 Å². The number of nitriles is 1. The summed E-state index contributed by atoms with van der Waals surface area (Å²) in [6.07, 6.45) is 9.50. The average molecular weight is 476 g/mol. The van der Waals surface area contributed by atoms with Crippen molar-refractivity contribution < 1.29 is 13.6 Å². The third kappa shape index (κ3) is 4.62. The van der Waals surface area contributed by atoms with E-state index in [2.05, 4.69) is 26.1 Å². The third-order valence-electron chi connectivity index (χ3n) is 6.60. The Morgan fingerprint density at radius 3 is 2.83 bits per heavy atom. The quantitative estimate of drug-likeness (QED) is 0.442. The van der Waals surface area contributed by atoms with Crippen LogP contribution < -0.4 is 0 Å². The summed E-state index contributed by atoms with van der Waals surface area (Å²) in [4.78, 5) is 26.0. The zero-order chi connectivity index (χ0) is 24.4. The summed E-state index contributed by atoms with van der Waals surface area (Å²) < 4.78 is 29.0. The number of nitrogens with one attached hydrogen (secondary N) is 1. The molecule has 1 amide bonds. The number of likely N-dealkylation sites (tertiary alicyclic amines) is 1. The number of benzene rings is 1. The van der Waals surface area contributed by atoms with Gasteiger partial charge in [0.1, 0.15) is 23.6 Å². The first-order valence-corrected chi connectivity index (χ1v) is 11.5. The number of nitrogens with zero attached hydrogens (tertiary/aromatic N) is 6. The zero-order valence-electron chi connectivity index (χ0n) is 18.9. The molecule has 0 spiro atoms. The second kappa shape index (κ2) is 9.62. The van der Waals surface area contributed by atoms with Crippen molar-refractivity contribution in [2.75, 3.05) is 13.1 Å². The minimum Gasteiger partial charge on any atom is -0.346 e. The van der Waals surface area contributed by atoms with Crippen LogP contribution in [0.1, 0.15) is 42.1 Å². The molecule has 1 fully saturated rings. The molecule has 1 aromatic carbocycles. The highest BCUT2D eigenvalue weighted by Gasteiger charge is 2.28. The van der Waals surface area contributed by atoms with Crippen LogP contribution in [0, 0.1) is 28.9 Å². The molecule has 0 bridgehead atoms. The van der Waals surface area contributed by atoms with Gasteiger partial charge in [0, 0.05) is 42.5 Å². The summed E-state index contributed by atoms with van der Waals surface area (Å²) in [5.74, 6) is -1.69. The summed E-state index contributed by atoms with van der Waals surface area (Å²) in [6, 6.07) is 7.08. The van der Waals surface area contributed by atoms with Crippen LogP contribution in [0.2, 0.25) is 0 Å². The predicted molar refractivity (Wildman–Crippen MR) is 124 cm³/mol. The molecular weight excluding hydrogens is 452 g/mol. The van der Waals surface area contributed by atoms with E-state index in [1.807, 2.05) is 23.1 Å². The summed E-state index contributed by atoms with van der Waals surface area (Å²) in [7, 11) is 0. The van der Waals surface area contributed by atoms with Gasteiger partial charge in [-0.15, -0.1) is 0 Å². The molecule has 10 heteroatoms. The van der Waals surface area contributed by atoms with Crippen LogP contribution in [0.3, 0.4) is 0 Å². The lowest BCUT2D eigenvalue weighted by Gasteiger charge is -2.33. The molecule has 8 nitrogen and oxygen atoms in total. The SMILES string of the molecule is N#CCC(CC1CCN(C(=O)c2ccc(F)cc2F)CC1)n1cc(-c2ncnc3[nH]ccc23)cn1. The van der Waals surface area contributed by atoms with Gasteiger partial charge in [-0.3, -0.25) is 9.48 Å². The summed E-state index contributed by atoms with van der Waals surface area (Å²) >= 11 is 0. The average Bonchev–Trinajstić information content (AvgIpc) is 3.54. The van der Waals surface area contributed by atoms with E-state index < -0.39 is 17.5 Å². The number of fused-ring (bicyclic) bond motifs is 1. The van der Waals surface area contributed by atoms with Crippen LogP contribution in [-0.2, 0) is 0 Å². The van der Waals surface area contributed by atoms with E-state index in [1.165, 1.54) is 12.4 Å². The molecule has 1 aliphatic rings. The maximum atomic E-state index is 14.0. The predicted octanol–water partition coefficient (Wildman–Crippen LogP) is 4.50. The molecule has 5 rings (SSSR count). The number of hydrogen-bond donors (Lipinski definition) is 1.